The number of amides is 1. The number of nitrogens with one attached hydrogen (secondary N) is 1. The van der Waals surface area contributed by atoms with E-state index in [4.69, 9.17) is 4.74 Å². The van der Waals surface area contributed by atoms with Crippen molar-refractivity contribution < 1.29 is 9.53 Å². The highest BCUT2D eigenvalue weighted by Crippen LogP contribution is 2.35. The van der Waals surface area contributed by atoms with E-state index in [9.17, 15) is 4.79 Å². The summed E-state index contributed by atoms with van der Waals surface area (Å²) in [5.74, 6) is -0.0536. The lowest BCUT2D eigenvalue weighted by Crippen LogP contribution is -2.49. The number of thiophene rings is 1. The molecule has 0 spiro atoms. The maximum Gasteiger partial charge on any atom is 0.253 e. The Balaban J connectivity index is 1.95. The molecule has 1 N–H and O–H groups in total. The van der Waals surface area contributed by atoms with Gasteiger partial charge < -0.3 is 10.1 Å². The van der Waals surface area contributed by atoms with Gasteiger partial charge in [-0.3, -0.25) is 4.79 Å². The van der Waals surface area contributed by atoms with E-state index in [0.717, 1.165) is 20.4 Å². The lowest BCUT2D eigenvalue weighted by atomic mass is 9.80. The van der Waals surface area contributed by atoms with Crippen molar-refractivity contribution in [2.45, 2.75) is 24.9 Å². The first kappa shape index (κ1) is 13.5. The Morgan fingerprint density at radius 2 is 2.29 bits per heavy atom. The number of carbonyl (C=O) groups excluding carboxylic acids is 1. The summed E-state index contributed by atoms with van der Waals surface area (Å²) in [6.45, 7) is 0.586. The van der Waals surface area contributed by atoms with Crippen LogP contribution >= 0.6 is 43.2 Å². The maximum atomic E-state index is 12.0. The molecule has 1 aliphatic rings. The summed E-state index contributed by atoms with van der Waals surface area (Å²) in [6, 6.07) is 1.82. The predicted molar refractivity (Wildman–Crippen MR) is 75.6 cm³/mol. The van der Waals surface area contributed by atoms with Gasteiger partial charge >= 0.3 is 0 Å². The summed E-state index contributed by atoms with van der Waals surface area (Å²) < 4.78 is 7.26. The van der Waals surface area contributed by atoms with Crippen LogP contribution in [0, 0.1) is 0 Å². The van der Waals surface area contributed by atoms with Crippen molar-refractivity contribution in [3.05, 3.63) is 19.2 Å². The van der Waals surface area contributed by atoms with Gasteiger partial charge in [-0.15, -0.1) is 11.3 Å². The number of halogens is 2. The summed E-state index contributed by atoms with van der Waals surface area (Å²) >= 11 is 8.24. The largest absolute Gasteiger partial charge is 0.376 e. The molecule has 94 valence electrons. The molecule has 0 atom stereocenters. The molecule has 6 heteroatoms. The van der Waals surface area contributed by atoms with Crippen LogP contribution in [0.5, 0.6) is 0 Å². The second-order valence-corrected chi connectivity index (χ2v) is 7.91. The Hall–Kier alpha value is 0.0900. The monoisotopic (exact) mass is 381 g/mol. The molecule has 1 aromatic heterocycles. The summed E-state index contributed by atoms with van der Waals surface area (Å²) in [7, 11) is 1.71. The minimum absolute atomic E-state index is 0.0536. The Morgan fingerprint density at radius 1 is 1.59 bits per heavy atom. The van der Waals surface area contributed by atoms with Gasteiger partial charge in [0.25, 0.3) is 5.91 Å². The SMILES string of the molecule is COC1(CNC(=O)c2cc(Br)sc2Br)CCC1. The third-order valence-corrected chi connectivity index (χ3v) is 5.51. The molecule has 1 fully saturated rings. The molecule has 17 heavy (non-hydrogen) atoms. The van der Waals surface area contributed by atoms with Crippen molar-refractivity contribution in [2.75, 3.05) is 13.7 Å². The number of ether oxygens (including phenoxy) is 1. The molecular formula is C11H13Br2NO2S. The topological polar surface area (TPSA) is 38.3 Å². The van der Waals surface area contributed by atoms with E-state index in [1.807, 2.05) is 6.07 Å². The quantitative estimate of drug-likeness (QED) is 0.864. The lowest BCUT2D eigenvalue weighted by molar-refractivity contribution is -0.0679. The molecule has 0 aromatic carbocycles. The highest BCUT2D eigenvalue weighted by molar-refractivity contribution is 9.12. The fraction of sp³-hybridized carbons (Fsp3) is 0.545. The van der Waals surface area contributed by atoms with E-state index < -0.39 is 0 Å². The van der Waals surface area contributed by atoms with Crippen molar-refractivity contribution in [1.29, 1.82) is 0 Å². The number of methoxy groups -OCH3 is 1. The zero-order valence-electron chi connectivity index (χ0n) is 9.39. The van der Waals surface area contributed by atoms with Crippen LogP contribution in [-0.4, -0.2) is 25.2 Å². The minimum Gasteiger partial charge on any atom is -0.376 e. The Kier molecular flexibility index (Phi) is 4.28. The third-order valence-electron chi connectivity index (χ3n) is 3.17. The highest BCUT2D eigenvalue weighted by Gasteiger charge is 2.37. The average molecular weight is 383 g/mol. The van der Waals surface area contributed by atoms with Gasteiger partial charge in [-0.05, 0) is 57.2 Å². The zero-order valence-corrected chi connectivity index (χ0v) is 13.4. The number of hydrogen-bond donors (Lipinski definition) is 1. The van der Waals surface area contributed by atoms with E-state index in [0.29, 0.717) is 12.1 Å². The van der Waals surface area contributed by atoms with Crippen molar-refractivity contribution >= 4 is 49.1 Å². The average Bonchev–Trinajstić information content (AvgIpc) is 2.57. The maximum absolute atomic E-state index is 12.0. The molecular weight excluding hydrogens is 370 g/mol. The van der Waals surface area contributed by atoms with Crippen LogP contribution < -0.4 is 5.32 Å². The van der Waals surface area contributed by atoms with E-state index in [-0.39, 0.29) is 11.5 Å². The van der Waals surface area contributed by atoms with Gasteiger partial charge in [-0.1, -0.05) is 0 Å². The van der Waals surface area contributed by atoms with Crippen LogP contribution in [0.4, 0.5) is 0 Å². The van der Waals surface area contributed by atoms with Gasteiger partial charge in [0.15, 0.2) is 0 Å². The van der Waals surface area contributed by atoms with E-state index in [1.54, 1.807) is 7.11 Å². The molecule has 1 heterocycles. The van der Waals surface area contributed by atoms with Crippen LogP contribution in [0.3, 0.4) is 0 Å². The predicted octanol–water partition coefficient (Wildman–Crippen LogP) is 3.57. The van der Waals surface area contributed by atoms with E-state index >= 15 is 0 Å². The van der Waals surface area contributed by atoms with Gasteiger partial charge in [0.2, 0.25) is 0 Å². The zero-order chi connectivity index (χ0) is 12.5. The van der Waals surface area contributed by atoms with Crippen LogP contribution in [0.25, 0.3) is 0 Å². The van der Waals surface area contributed by atoms with Gasteiger partial charge in [-0.2, -0.15) is 0 Å². The first-order valence-corrected chi connectivity index (χ1v) is 7.75. The van der Waals surface area contributed by atoms with E-state index in [1.165, 1.54) is 17.8 Å². The fourth-order valence-electron chi connectivity index (χ4n) is 1.86. The molecule has 0 saturated heterocycles. The van der Waals surface area contributed by atoms with Gasteiger partial charge in [0.05, 0.1) is 18.7 Å². The second kappa shape index (κ2) is 5.38. The molecule has 1 aliphatic carbocycles. The molecule has 0 aliphatic heterocycles. The van der Waals surface area contributed by atoms with Crippen molar-refractivity contribution in [3.63, 3.8) is 0 Å². The van der Waals surface area contributed by atoms with Crippen LogP contribution in [-0.2, 0) is 4.74 Å². The lowest BCUT2D eigenvalue weighted by Gasteiger charge is -2.40. The van der Waals surface area contributed by atoms with Crippen molar-refractivity contribution in [2.24, 2.45) is 0 Å². The van der Waals surface area contributed by atoms with Crippen LogP contribution in [0.15, 0.2) is 13.6 Å². The Labute approximate surface area is 121 Å². The summed E-state index contributed by atoms with van der Waals surface area (Å²) in [4.78, 5) is 12.0. The molecule has 0 radical (unpaired) electrons. The summed E-state index contributed by atoms with van der Waals surface area (Å²) in [6.07, 6.45) is 3.23. The smallest absolute Gasteiger partial charge is 0.253 e. The van der Waals surface area contributed by atoms with Crippen LogP contribution in [0.1, 0.15) is 29.6 Å². The molecule has 0 unspecified atom stereocenters. The van der Waals surface area contributed by atoms with Crippen molar-refractivity contribution in [3.8, 4) is 0 Å². The summed E-state index contributed by atoms with van der Waals surface area (Å²) in [5.41, 5.74) is 0.544. The first-order valence-electron chi connectivity index (χ1n) is 5.34. The molecule has 1 saturated carbocycles. The fourth-order valence-corrected chi connectivity index (χ4v) is 4.65. The second-order valence-electron chi connectivity index (χ2n) is 4.16. The number of carbonyl (C=O) groups is 1. The molecule has 1 amide bonds. The van der Waals surface area contributed by atoms with Gasteiger partial charge in [-0.25, -0.2) is 0 Å². The Bertz CT molecular complexity index is 424. The Morgan fingerprint density at radius 3 is 2.71 bits per heavy atom. The first-order chi connectivity index (χ1) is 8.06. The number of rotatable bonds is 4. The van der Waals surface area contributed by atoms with Crippen molar-refractivity contribution in [1.82, 2.24) is 5.32 Å². The standard InChI is InChI=1S/C11H13Br2NO2S/c1-16-11(3-2-4-11)6-14-10(15)7-5-8(12)17-9(7)13/h5H,2-4,6H2,1H3,(H,14,15). The van der Waals surface area contributed by atoms with Gasteiger partial charge in [0, 0.05) is 13.7 Å². The minimum atomic E-state index is -0.130. The summed E-state index contributed by atoms with van der Waals surface area (Å²) in [5, 5.41) is 2.94. The van der Waals surface area contributed by atoms with E-state index in [2.05, 4.69) is 37.2 Å². The van der Waals surface area contributed by atoms with Gasteiger partial charge in [0.1, 0.15) is 0 Å². The molecule has 3 nitrogen and oxygen atoms in total. The third kappa shape index (κ3) is 2.92. The van der Waals surface area contributed by atoms with Crippen LogP contribution in [0.2, 0.25) is 0 Å². The molecule has 2 rings (SSSR count). The normalized spacial score (nSPS) is 17.6. The highest BCUT2D eigenvalue weighted by atomic mass is 79.9. The molecule has 0 bridgehead atoms. The number of hydrogen-bond acceptors (Lipinski definition) is 3. The molecule has 1 aromatic rings.